The predicted molar refractivity (Wildman–Crippen MR) is 88.0 cm³/mol. The Balaban J connectivity index is 1.88. The molecule has 0 spiro atoms. The maximum absolute atomic E-state index is 5.56. The van der Waals surface area contributed by atoms with Gasteiger partial charge in [-0.25, -0.2) is 4.98 Å². The average Bonchev–Trinajstić information content (AvgIpc) is 3.15. The Morgan fingerprint density at radius 3 is 2.04 bits per heavy atom. The fraction of sp³-hybridized carbons (Fsp3) is 0.211. The Kier molecular flexibility index (Phi) is 4.62. The summed E-state index contributed by atoms with van der Waals surface area (Å²) in [5, 5.41) is 0. The first kappa shape index (κ1) is 15.2. The van der Waals surface area contributed by atoms with Gasteiger partial charge in [0.25, 0.3) is 0 Å². The summed E-state index contributed by atoms with van der Waals surface area (Å²) >= 11 is 0. The molecule has 1 aromatic heterocycles. The molecule has 3 aromatic rings. The van der Waals surface area contributed by atoms with E-state index in [2.05, 4.69) is 29.2 Å². The number of aromatic nitrogens is 1. The first-order valence-corrected chi connectivity index (χ1v) is 7.45. The van der Waals surface area contributed by atoms with Crippen molar-refractivity contribution in [2.75, 3.05) is 14.2 Å². The van der Waals surface area contributed by atoms with Crippen LogP contribution in [0.15, 0.2) is 65.5 Å². The molecule has 0 saturated carbocycles. The van der Waals surface area contributed by atoms with Crippen LogP contribution in [0.25, 0.3) is 0 Å². The first-order chi connectivity index (χ1) is 11.3. The molecule has 118 valence electrons. The normalized spacial score (nSPS) is 11.9. The summed E-state index contributed by atoms with van der Waals surface area (Å²) in [6.07, 6.45) is 4.07. The molecule has 0 radical (unpaired) electrons. The van der Waals surface area contributed by atoms with Crippen LogP contribution in [0.1, 0.15) is 22.8 Å². The number of ether oxygens (including phenoxy) is 2. The third-order valence-corrected chi connectivity index (χ3v) is 3.91. The van der Waals surface area contributed by atoms with Crippen LogP contribution in [0.3, 0.4) is 0 Å². The van der Waals surface area contributed by atoms with Gasteiger partial charge in [-0.15, -0.1) is 0 Å². The van der Waals surface area contributed by atoms with Gasteiger partial charge in [0.1, 0.15) is 17.3 Å². The molecular formula is C19H19NO3. The Morgan fingerprint density at radius 1 is 0.913 bits per heavy atom. The highest BCUT2D eigenvalue weighted by atomic mass is 16.5. The molecule has 1 unspecified atom stereocenters. The van der Waals surface area contributed by atoms with Gasteiger partial charge in [0.15, 0.2) is 6.39 Å². The summed E-state index contributed by atoms with van der Waals surface area (Å²) in [6.45, 7) is 0. The highest BCUT2D eigenvalue weighted by molar-refractivity contribution is 5.35. The zero-order chi connectivity index (χ0) is 16.1. The lowest BCUT2D eigenvalue weighted by Crippen LogP contribution is -2.04. The number of methoxy groups -OCH3 is 2. The van der Waals surface area contributed by atoms with Crippen LogP contribution in [0.5, 0.6) is 11.5 Å². The summed E-state index contributed by atoms with van der Waals surface area (Å²) in [5.41, 5.74) is 2.38. The van der Waals surface area contributed by atoms with Gasteiger partial charge in [-0.05, 0) is 41.8 Å². The van der Waals surface area contributed by atoms with Crippen LogP contribution >= 0.6 is 0 Å². The molecule has 2 aromatic carbocycles. The van der Waals surface area contributed by atoms with Crippen LogP contribution in [0.2, 0.25) is 0 Å². The van der Waals surface area contributed by atoms with Crippen molar-refractivity contribution in [3.8, 4) is 11.5 Å². The second-order valence-corrected chi connectivity index (χ2v) is 5.28. The van der Waals surface area contributed by atoms with E-state index in [4.69, 9.17) is 13.9 Å². The topological polar surface area (TPSA) is 44.5 Å². The van der Waals surface area contributed by atoms with E-state index >= 15 is 0 Å². The predicted octanol–water partition coefficient (Wildman–Crippen LogP) is 4.07. The molecule has 0 aliphatic carbocycles. The number of benzene rings is 2. The van der Waals surface area contributed by atoms with Crippen molar-refractivity contribution in [2.24, 2.45) is 0 Å². The lowest BCUT2D eigenvalue weighted by atomic mass is 9.90. The SMILES string of the molecule is COc1ccc(CC(c2ccc(OC)cc2)c2cnco2)cc1. The average molecular weight is 309 g/mol. The Morgan fingerprint density at radius 2 is 1.52 bits per heavy atom. The minimum Gasteiger partial charge on any atom is -0.497 e. The van der Waals surface area contributed by atoms with Crippen LogP contribution in [0, 0.1) is 0 Å². The fourth-order valence-electron chi connectivity index (χ4n) is 2.61. The van der Waals surface area contributed by atoms with Crippen molar-refractivity contribution in [2.45, 2.75) is 12.3 Å². The molecule has 4 heteroatoms. The standard InChI is InChI=1S/C19H19NO3/c1-21-16-7-3-14(4-8-16)11-18(19-12-20-13-23-19)15-5-9-17(22-2)10-6-15/h3-10,12-13,18H,11H2,1-2H3. The molecule has 0 saturated heterocycles. The minimum atomic E-state index is 0.108. The minimum absolute atomic E-state index is 0.108. The number of nitrogens with zero attached hydrogens (tertiary/aromatic N) is 1. The van der Waals surface area contributed by atoms with E-state index in [9.17, 15) is 0 Å². The van der Waals surface area contributed by atoms with E-state index in [-0.39, 0.29) is 5.92 Å². The maximum atomic E-state index is 5.56. The number of hydrogen-bond donors (Lipinski definition) is 0. The Hall–Kier alpha value is -2.75. The number of rotatable bonds is 6. The summed E-state index contributed by atoms with van der Waals surface area (Å²) in [7, 11) is 3.34. The second-order valence-electron chi connectivity index (χ2n) is 5.28. The maximum Gasteiger partial charge on any atom is 0.180 e. The van der Waals surface area contributed by atoms with E-state index in [1.807, 2.05) is 24.3 Å². The number of oxazole rings is 1. The van der Waals surface area contributed by atoms with Crippen molar-refractivity contribution in [1.29, 1.82) is 0 Å². The van der Waals surface area contributed by atoms with Crippen molar-refractivity contribution < 1.29 is 13.9 Å². The van der Waals surface area contributed by atoms with Crippen LogP contribution in [-0.4, -0.2) is 19.2 Å². The number of hydrogen-bond acceptors (Lipinski definition) is 4. The third-order valence-electron chi connectivity index (χ3n) is 3.91. The van der Waals surface area contributed by atoms with Crippen LogP contribution in [0.4, 0.5) is 0 Å². The summed E-state index contributed by atoms with van der Waals surface area (Å²) in [4.78, 5) is 4.06. The molecule has 23 heavy (non-hydrogen) atoms. The van der Waals surface area contributed by atoms with E-state index in [1.165, 1.54) is 17.5 Å². The molecule has 0 bridgehead atoms. The summed E-state index contributed by atoms with van der Waals surface area (Å²) in [6, 6.07) is 16.2. The van der Waals surface area contributed by atoms with Crippen LogP contribution in [-0.2, 0) is 6.42 Å². The molecule has 3 rings (SSSR count). The largest absolute Gasteiger partial charge is 0.497 e. The van der Waals surface area contributed by atoms with Crippen molar-refractivity contribution >= 4 is 0 Å². The molecule has 0 N–H and O–H groups in total. The molecular weight excluding hydrogens is 290 g/mol. The highest BCUT2D eigenvalue weighted by Crippen LogP contribution is 2.30. The van der Waals surface area contributed by atoms with Gasteiger partial charge >= 0.3 is 0 Å². The smallest absolute Gasteiger partial charge is 0.180 e. The van der Waals surface area contributed by atoms with E-state index in [0.29, 0.717) is 0 Å². The third kappa shape index (κ3) is 3.54. The van der Waals surface area contributed by atoms with E-state index in [0.717, 1.165) is 23.7 Å². The van der Waals surface area contributed by atoms with Gasteiger partial charge in [0.2, 0.25) is 0 Å². The second kappa shape index (κ2) is 7.01. The lowest BCUT2D eigenvalue weighted by Gasteiger charge is -2.15. The van der Waals surface area contributed by atoms with E-state index in [1.54, 1.807) is 20.4 Å². The van der Waals surface area contributed by atoms with Crippen molar-refractivity contribution in [3.63, 3.8) is 0 Å². The molecule has 0 aliphatic rings. The van der Waals surface area contributed by atoms with Gasteiger partial charge < -0.3 is 13.9 Å². The zero-order valence-electron chi connectivity index (χ0n) is 13.2. The van der Waals surface area contributed by atoms with Gasteiger partial charge in [0.05, 0.1) is 20.4 Å². The highest BCUT2D eigenvalue weighted by Gasteiger charge is 2.18. The monoisotopic (exact) mass is 309 g/mol. The van der Waals surface area contributed by atoms with Gasteiger partial charge in [-0.1, -0.05) is 24.3 Å². The van der Waals surface area contributed by atoms with Gasteiger partial charge in [-0.2, -0.15) is 0 Å². The molecule has 1 atom stereocenters. The quantitative estimate of drug-likeness (QED) is 0.688. The summed E-state index contributed by atoms with van der Waals surface area (Å²) < 4.78 is 16.0. The van der Waals surface area contributed by atoms with Crippen molar-refractivity contribution in [3.05, 3.63) is 78.0 Å². The van der Waals surface area contributed by atoms with Crippen LogP contribution < -0.4 is 9.47 Å². The van der Waals surface area contributed by atoms with Crippen molar-refractivity contribution in [1.82, 2.24) is 4.98 Å². The first-order valence-electron chi connectivity index (χ1n) is 7.45. The summed E-state index contributed by atoms with van der Waals surface area (Å²) in [5.74, 6) is 2.66. The van der Waals surface area contributed by atoms with Gasteiger partial charge in [0, 0.05) is 5.92 Å². The lowest BCUT2D eigenvalue weighted by molar-refractivity contribution is 0.414. The molecule has 4 nitrogen and oxygen atoms in total. The molecule has 0 aliphatic heterocycles. The molecule has 1 heterocycles. The van der Waals surface area contributed by atoms with E-state index < -0.39 is 0 Å². The molecule has 0 fully saturated rings. The molecule has 0 amide bonds. The fourth-order valence-corrected chi connectivity index (χ4v) is 2.61. The Bertz CT molecular complexity index is 718. The zero-order valence-corrected chi connectivity index (χ0v) is 13.2. The Labute approximate surface area is 135 Å². The van der Waals surface area contributed by atoms with Gasteiger partial charge in [-0.3, -0.25) is 0 Å².